The number of rotatable bonds is 6. The summed E-state index contributed by atoms with van der Waals surface area (Å²) in [5.74, 6) is -0.0959. The Morgan fingerprint density at radius 1 is 1.12 bits per heavy atom. The molecule has 0 aliphatic carbocycles. The van der Waals surface area contributed by atoms with E-state index in [1.165, 1.54) is 23.5 Å². The van der Waals surface area contributed by atoms with Crippen LogP contribution < -0.4 is 5.32 Å². The average Bonchev–Trinajstić information content (AvgIpc) is 3.24. The van der Waals surface area contributed by atoms with Crippen molar-refractivity contribution in [2.45, 2.75) is 33.2 Å². The van der Waals surface area contributed by atoms with Crippen LogP contribution in [0.15, 0.2) is 54.6 Å². The van der Waals surface area contributed by atoms with Crippen molar-refractivity contribution in [3.8, 4) is 10.6 Å². The number of aryl methyl sites for hydroxylation is 1. The molecule has 1 N–H and O–H groups in total. The van der Waals surface area contributed by atoms with Gasteiger partial charge in [0, 0.05) is 31.1 Å². The van der Waals surface area contributed by atoms with Crippen LogP contribution in [0.2, 0.25) is 0 Å². The lowest BCUT2D eigenvalue weighted by Gasteiger charge is -2.34. The molecule has 0 saturated carbocycles. The van der Waals surface area contributed by atoms with Crippen molar-refractivity contribution in [2.75, 3.05) is 13.1 Å². The van der Waals surface area contributed by atoms with Gasteiger partial charge in [0.05, 0.1) is 5.69 Å². The molecule has 0 spiro atoms. The van der Waals surface area contributed by atoms with Gasteiger partial charge in [-0.25, -0.2) is 9.37 Å². The zero-order valence-corrected chi connectivity index (χ0v) is 19.7. The van der Waals surface area contributed by atoms with Gasteiger partial charge in [0.2, 0.25) is 5.91 Å². The molecular formula is C26H28FN3O2S. The Bertz CT molecular complexity index is 1110. The van der Waals surface area contributed by atoms with Crippen molar-refractivity contribution in [3.63, 3.8) is 0 Å². The summed E-state index contributed by atoms with van der Waals surface area (Å²) in [6, 6.07) is 16.0. The zero-order chi connectivity index (χ0) is 23.4. The van der Waals surface area contributed by atoms with Gasteiger partial charge in [-0.1, -0.05) is 37.3 Å². The summed E-state index contributed by atoms with van der Waals surface area (Å²) in [7, 11) is 0. The van der Waals surface area contributed by atoms with E-state index in [1.54, 1.807) is 12.1 Å². The van der Waals surface area contributed by atoms with E-state index in [-0.39, 0.29) is 29.5 Å². The number of piperidine rings is 1. The Morgan fingerprint density at radius 2 is 1.79 bits per heavy atom. The molecule has 1 fully saturated rings. The van der Waals surface area contributed by atoms with E-state index in [0.717, 1.165) is 29.0 Å². The molecule has 1 aliphatic heterocycles. The fourth-order valence-corrected chi connectivity index (χ4v) is 5.26. The van der Waals surface area contributed by atoms with Crippen molar-refractivity contribution in [1.29, 1.82) is 0 Å². The van der Waals surface area contributed by atoms with Crippen LogP contribution in [0.5, 0.6) is 0 Å². The molecule has 0 bridgehead atoms. The summed E-state index contributed by atoms with van der Waals surface area (Å²) >= 11 is 1.35. The summed E-state index contributed by atoms with van der Waals surface area (Å²) in [5, 5.41) is 3.75. The molecule has 4 rings (SSSR count). The third-order valence-corrected chi connectivity index (χ3v) is 7.53. The average molecular weight is 466 g/mol. The summed E-state index contributed by atoms with van der Waals surface area (Å²) < 4.78 is 13.2. The molecule has 33 heavy (non-hydrogen) atoms. The molecule has 1 aliphatic rings. The van der Waals surface area contributed by atoms with Crippen molar-refractivity contribution >= 4 is 23.2 Å². The van der Waals surface area contributed by atoms with Crippen molar-refractivity contribution in [2.24, 2.45) is 11.8 Å². The lowest BCUT2D eigenvalue weighted by molar-refractivity contribution is -0.126. The van der Waals surface area contributed by atoms with Gasteiger partial charge in [-0.3, -0.25) is 9.59 Å². The first-order valence-electron chi connectivity index (χ1n) is 11.3. The van der Waals surface area contributed by atoms with Gasteiger partial charge < -0.3 is 10.2 Å². The van der Waals surface area contributed by atoms with E-state index in [0.29, 0.717) is 30.2 Å². The molecule has 2 heterocycles. The molecule has 1 saturated heterocycles. The van der Waals surface area contributed by atoms with Crippen LogP contribution in [0.25, 0.3) is 10.6 Å². The molecule has 172 valence electrons. The van der Waals surface area contributed by atoms with Crippen molar-refractivity contribution in [3.05, 3.63) is 76.5 Å². The monoisotopic (exact) mass is 465 g/mol. The second kappa shape index (κ2) is 10.3. The number of hydrogen-bond donors (Lipinski definition) is 1. The SMILES string of the molecule is Cc1nc(-c2ccc(F)cc2)sc1C(=O)N1CCC([C@H](C)C(=O)NCc2ccccc2)CC1. The number of nitrogens with one attached hydrogen (secondary N) is 1. The van der Waals surface area contributed by atoms with Crippen LogP contribution >= 0.6 is 11.3 Å². The fourth-order valence-electron chi connectivity index (χ4n) is 4.22. The summed E-state index contributed by atoms with van der Waals surface area (Å²) in [6.07, 6.45) is 1.60. The third-order valence-electron chi connectivity index (χ3n) is 6.34. The number of thiazole rings is 1. The van der Waals surface area contributed by atoms with E-state index in [9.17, 15) is 14.0 Å². The van der Waals surface area contributed by atoms with E-state index in [1.807, 2.05) is 49.1 Å². The molecule has 1 atom stereocenters. The second-order valence-corrected chi connectivity index (χ2v) is 9.56. The number of carbonyl (C=O) groups excluding carboxylic acids is 2. The molecule has 1 aromatic heterocycles. The van der Waals surface area contributed by atoms with Gasteiger partial charge in [-0.15, -0.1) is 11.3 Å². The van der Waals surface area contributed by atoms with Crippen LogP contribution in [-0.2, 0) is 11.3 Å². The minimum absolute atomic E-state index is 0.0157. The number of carbonyl (C=O) groups is 2. The Balaban J connectivity index is 1.32. The van der Waals surface area contributed by atoms with Gasteiger partial charge in [0.1, 0.15) is 15.7 Å². The number of nitrogens with zero attached hydrogens (tertiary/aromatic N) is 2. The Morgan fingerprint density at radius 3 is 2.45 bits per heavy atom. The van der Waals surface area contributed by atoms with Gasteiger partial charge >= 0.3 is 0 Å². The van der Waals surface area contributed by atoms with Crippen LogP contribution in [0.3, 0.4) is 0 Å². The predicted molar refractivity (Wildman–Crippen MR) is 128 cm³/mol. The number of benzene rings is 2. The quantitative estimate of drug-likeness (QED) is 0.553. The molecule has 3 aromatic rings. The molecule has 0 radical (unpaired) electrons. The zero-order valence-electron chi connectivity index (χ0n) is 18.9. The standard InChI is InChI=1S/C26H28FN3O2S/c1-17(24(31)28-16-19-6-4-3-5-7-19)20-12-14-30(15-13-20)26(32)23-18(2)29-25(33-23)21-8-10-22(27)11-9-21/h3-11,17,20H,12-16H2,1-2H3,(H,28,31)/t17-/m0/s1. The highest BCUT2D eigenvalue weighted by molar-refractivity contribution is 7.17. The molecular weight excluding hydrogens is 437 g/mol. The van der Waals surface area contributed by atoms with E-state index < -0.39 is 0 Å². The van der Waals surface area contributed by atoms with Crippen LogP contribution in [0.4, 0.5) is 4.39 Å². The van der Waals surface area contributed by atoms with Gasteiger partial charge in [0.15, 0.2) is 0 Å². The predicted octanol–water partition coefficient (Wildman–Crippen LogP) is 5.06. The molecule has 5 nitrogen and oxygen atoms in total. The van der Waals surface area contributed by atoms with Gasteiger partial charge in [-0.2, -0.15) is 0 Å². The lowest BCUT2D eigenvalue weighted by Crippen LogP contribution is -2.42. The topological polar surface area (TPSA) is 62.3 Å². The molecule has 0 unspecified atom stereocenters. The highest BCUT2D eigenvalue weighted by Gasteiger charge is 2.31. The smallest absolute Gasteiger partial charge is 0.265 e. The molecule has 2 aromatic carbocycles. The molecule has 7 heteroatoms. The van der Waals surface area contributed by atoms with Crippen molar-refractivity contribution < 1.29 is 14.0 Å². The van der Waals surface area contributed by atoms with Crippen LogP contribution in [-0.4, -0.2) is 34.8 Å². The highest BCUT2D eigenvalue weighted by atomic mass is 32.1. The Kier molecular flexibility index (Phi) is 7.18. The molecule has 2 amide bonds. The number of halogens is 1. The Hall–Kier alpha value is -3.06. The minimum atomic E-state index is -0.297. The number of amides is 2. The minimum Gasteiger partial charge on any atom is -0.352 e. The van der Waals surface area contributed by atoms with Crippen LogP contribution in [0.1, 0.15) is 40.7 Å². The second-order valence-electron chi connectivity index (χ2n) is 8.56. The van der Waals surface area contributed by atoms with Crippen molar-refractivity contribution in [1.82, 2.24) is 15.2 Å². The first kappa shape index (κ1) is 23.1. The van der Waals surface area contributed by atoms with Gasteiger partial charge in [-0.05, 0) is 55.5 Å². The highest BCUT2D eigenvalue weighted by Crippen LogP contribution is 2.31. The summed E-state index contributed by atoms with van der Waals surface area (Å²) in [4.78, 5) is 32.8. The summed E-state index contributed by atoms with van der Waals surface area (Å²) in [5.41, 5.74) is 2.58. The van der Waals surface area contributed by atoms with E-state index >= 15 is 0 Å². The largest absolute Gasteiger partial charge is 0.352 e. The van der Waals surface area contributed by atoms with E-state index in [4.69, 9.17) is 0 Å². The first-order valence-corrected chi connectivity index (χ1v) is 12.1. The number of aromatic nitrogens is 1. The maximum atomic E-state index is 13.2. The maximum Gasteiger partial charge on any atom is 0.265 e. The lowest BCUT2D eigenvalue weighted by atomic mass is 9.84. The number of likely N-dealkylation sites (tertiary alicyclic amines) is 1. The number of hydrogen-bond acceptors (Lipinski definition) is 4. The summed E-state index contributed by atoms with van der Waals surface area (Å²) in [6.45, 7) is 5.60. The van der Waals surface area contributed by atoms with E-state index in [2.05, 4.69) is 10.3 Å². The third kappa shape index (κ3) is 5.47. The normalized spacial score (nSPS) is 15.3. The maximum absolute atomic E-state index is 13.2. The van der Waals surface area contributed by atoms with Crippen LogP contribution in [0, 0.1) is 24.6 Å². The fraction of sp³-hybridized carbons (Fsp3) is 0.346. The first-order chi connectivity index (χ1) is 15.9. The van der Waals surface area contributed by atoms with Gasteiger partial charge in [0.25, 0.3) is 5.91 Å². The Labute approximate surface area is 197 Å².